The van der Waals surface area contributed by atoms with Crippen molar-refractivity contribution in [3.63, 3.8) is 0 Å². The number of nitrogens with one attached hydrogen (secondary N) is 2. The number of carbonyl (C=O) groups excluding carboxylic acids is 1. The maximum atomic E-state index is 12.2. The predicted molar refractivity (Wildman–Crippen MR) is 108 cm³/mol. The fraction of sp³-hybridized carbons (Fsp3) is 0.190. The van der Waals surface area contributed by atoms with Crippen LogP contribution in [0.2, 0.25) is 5.02 Å². The zero-order valence-electron chi connectivity index (χ0n) is 15.1. The maximum absolute atomic E-state index is 12.2. The first-order chi connectivity index (χ1) is 13.1. The van der Waals surface area contributed by atoms with E-state index in [0.717, 1.165) is 28.1 Å². The lowest BCUT2D eigenvalue weighted by atomic mass is 10.1. The number of carbonyl (C=O) groups is 1. The molecular formula is C21H21ClN4O. The molecule has 3 aromatic rings. The Morgan fingerprint density at radius 3 is 2.59 bits per heavy atom. The molecule has 2 N–H and O–H groups in total. The predicted octanol–water partition coefficient (Wildman–Crippen LogP) is 4.02. The van der Waals surface area contributed by atoms with Gasteiger partial charge in [0.1, 0.15) is 0 Å². The van der Waals surface area contributed by atoms with Gasteiger partial charge in [-0.3, -0.25) is 4.79 Å². The van der Waals surface area contributed by atoms with E-state index in [1.165, 1.54) is 12.4 Å². The Bertz CT molecular complexity index is 912. The molecule has 1 amide bonds. The van der Waals surface area contributed by atoms with Gasteiger partial charge in [-0.15, -0.1) is 0 Å². The summed E-state index contributed by atoms with van der Waals surface area (Å²) >= 11 is 5.98. The number of hydrogen-bond donors (Lipinski definition) is 2. The van der Waals surface area contributed by atoms with Crippen molar-refractivity contribution in [3.05, 3.63) is 88.2 Å². The van der Waals surface area contributed by atoms with Crippen molar-refractivity contribution in [2.24, 2.45) is 0 Å². The van der Waals surface area contributed by atoms with Gasteiger partial charge in [0, 0.05) is 30.5 Å². The number of aromatic nitrogens is 2. The summed E-state index contributed by atoms with van der Waals surface area (Å²) in [6.45, 7) is 3.18. The molecule has 0 spiro atoms. The molecule has 0 aliphatic carbocycles. The van der Waals surface area contributed by atoms with Crippen LogP contribution in [0.3, 0.4) is 0 Å². The molecule has 0 radical (unpaired) electrons. The summed E-state index contributed by atoms with van der Waals surface area (Å²) in [6, 6.07) is 15.7. The summed E-state index contributed by atoms with van der Waals surface area (Å²) in [6.07, 6.45) is 3.87. The number of benzene rings is 2. The zero-order valence-corrected chi connectivity index (χ0v) is 15.8. The molecule has 0 saturated heterocycles. The molecule has 0 saturated carbocycles. The fourth-order valence-electron chi connectivity index (χ4n) is 2.63. The van der Waals surface area contributed by atoms with Gasteiger partial charge in [-0.25, -0.2) is 9.97 Å². The highest BCUT2D eigenvalue weighted by Crippen LogP contribution is 2.11. The molecule has 1 aromatic heterocycles. The minimum Gasteiger partial charge on any atom is -0.354 e. The third-order valence-corrected chi connectivity index (χ3v) is 4.44. The average Bonchev–Trinajstić information content (AvgIpc) is 2.68. The Balaban J connectivity index is 1.49. The Hall–Kier alpha value is -2.92. The number of amides is 1. The van der Waals surface area contributed by atoms with E-state index in [1.807, 2.05) is 55.5 Å². The van der Waals surface area contributed by atoms with Crippen LogP contribution >= 0.6 is 11.6 Å². The fourth-order valence-corrected chi connectivity index (χ4v) is 2.85. The van der Waals surface area contributed by atoms with Gasteiger partial charge in [0.2, 0.25) is 5.95 Å². The summed E-state index contributed by atoms with van der Waals surface area (Å²) in [5.41, 5.74) is 3.81. The number of aryl methyl sites for hydroxylation is 1. The molecule has 0 aliphatic heterocycles. The second-order valence-corrected chi connectivity index (χ2v) is 6.65. The lowest BCUT2D eigenvalue weighted by molar-refractivity contribution is 0.0950. The van der Waals surface area contributed by atoms with Crippen LogP contribution < -0.4 is 10.6 Å². The second-order valence-electron chi connectivity index (χ2n) is 6.21. The van der Waals surface area contributed by atoms with E-state index < -0.39 is 0 Å². The smallest absolute Gasteiger partial charge is 0.254 e. The molecule has 0 bridgehead atoms. The third-order valence-electron chi connectivity index (χ3n) is 4.20. The molecule has 2 aromatic carbocycles. The van der Waals surface area contributed by atoms with Crippen LogP contribution in [0.25, 0.3) is 0 Å². The van der Waals surface area contributed by atoms with Crippen molar-refractivity contribution in [3.8, 4) is 0 Å². The molecular weight excluding hydrogens is 360 g/mol. The Morgan fingerprint density at radius 2 is 1.85 bits per heavy atom. The Kier molecular flexibility index (Phi) is 6.39. The van der Waals surface area contributed by atoms with Crippen LogP contribution in [-0.2, 0) is 13.0 Å². The Labute approximate surface area is 163 Å². The summed E-state index contributed by atoms with van der Waals surface area (Å²) in [7, 11) is 0. The van der Waals surface area contributed by atoms with E-state index in [2.05, 4.69) is 20.6 Å². The van der Waals surface area contributed by atoms with E-state index in [4.69, 9.17) is 11.6 Å². The minimum atomic E-state index is -0.191. The van der Waals surface area contributed by atoms with Crippen molar-refractivity contribution in [1.29, 1.82) is 0 Å². The lowest BCUT2D eigenvalue weighted by Crippen LogP contribution is -2.23. The molecule has 0 fully saturated rings. The highest BCUT2D eigenvalue weighted by atomic mass is 35.5. The van der Waals surface area contributed by atoms with Crippen molar-refractivity contribution in [1.82, 2.24) is 15.3 Å². The first-order valence-electron chi connectivity index (χ1n) is 8.75. The van der Waals surface area contributed by atoms with Crippen molar-refractivity contribution in [2.75, 3.05) is 11.9 Å². The third kappa shape index (κ3) is 5.53. The molecule has 3 rings (SSSR count). The van der Waals surface area contributed by atoms with Gasteiger partial charge in [-0.2, -0.15) is 0 Å². The molecule has 0 atom stereocenters. The normalized spacial score (nSPS) is 10.4. The van der Waals surface area contributed by atoms with Gasteiger partial charge in [0.05, 0.1) is 5.56 Å². The van der Waals surface area contributed by atoms with Gasteiger partial charge in [0.25, 0.3) is 5.91 Å². The first kappa shape index (κ1) is 18.9. The van der Waals surface area contributed by atoms with Gasteiger partial charge >= 0.3 is 0 Å². The summed E-state index contributed by atoms with van der Waals surface area (Å²) in [4.78, 5) is 20.7. The molecule has 0 unspecified atom stereocenters. The maximum Gasteiger partial charge on any atom is 0.254 e. The Morgan fingerprint density at radius 1 is 1.07 bits per heavy atom. The van der Waals surface area contributed by atoms with Crippen LogP contribution in [0.5, 0.6) is 0 Å². The van der Waals surface area contributed by atoms with Crippen molar-refractivity contribution in [2.45, 2.75) is 19.9 Å². The lowest BCUT2D eigenvalue weighted by Gasteiger charge is -2.08. The van der Waals surface area contributed by atoms with E-state index in [-0.39, 0.29) is 5.91 Å². The number of anilines is 1. The van der Waals surface area contributed by atoms with Crippen LogP contribution in [0.4, 0.5) is 5.95 Å². The standard InChI is InChI=1S/C21H21ClN4O/c1-15-5-2-3-7-17(15)12-24-20(27)18-13-25-21(26-14-18)23-10-9-16-6-4-8-19(22)11-16/h2-8,11,13-14H,9-10,12H2,1H3,(H,24,27)(H,23,25,26). The largest absolute Gasteiger partial charge is 0.354 e. The summed E-state index contributed by atoms with van der Waals surface area (Å²) in [5.74, 6) is 0.302. The molecule has 1 heterocycles. The highest BCUT2D eigenvalue weighted by Gasteiger charge is 2.08. The molecule has 0 aliphatic rings. The van der Waals surface area contributed by atoms with E-state index in [9.17, 15) is 4.79 Å². The van der Waals surface area contributed by atoms with Crippen LogP contribution in [-0.4, -0.2) is 22.4 Å². The van der Waals surface area contributed by atoms with Gasteiger partial charge in [-0.05, 0) is 42.2 Å². The molecule has 6 heteroatoms. The summed E-state index contributed by atoms with van der Waals surface area (Å²) in [5, 5.41) is 6.77. The quantitative estimate of drug-likeness (QED) is 0.649. The van der Waals surface area contributed by atoms with Gasteiger partial charge in [-0.1, -0.05) is 48.0 Å². The van der Waals surface area contributed by atoms with E-state index in [0.29, 0.717) is 24.6 Å². The van der Waals surface area contributed by atoms with Gasteiger partial charge < -0.3 is 10.6 Å². The zero-order chi connectivity index (χ0) is 19.1. The molecule has 27 heavy (non-hydrogen) atoms. The number of rotatable bonds is 7. The number of halogens is 1. The van der Waals surface area contributed by atoms with Crippen molar-refractivity contribution >= 4 is 23.5 Å². The molecule has 138 valence electrons. The van der Waals surface area contributed by atoms with Gasteiger partial charge in [0.15, 0.2) is 0 Å². The first-order valence-corrected chi connectivity index (χ1v) is 9.12. The monoisotopic (exact) mass is 380 g/mol. The second kappa shape index (κ2) is 9.14. The minimum absolute atomic E-state index is 0.191. The number of nitrogens with zero attached hydrogens (tertiary/aromatic N) is 2. The van der Waals surface area contributed by atoms with E-state index >= 15 is 0 Å². The van der Waals surface area contributed by atoms with Crippen LogP contribution in [0.15, 0.2) is 60.9 Å². The van der Waals surface area contributed by atoms with Crippen LogP contribution in [0.1, 0.15) is 27.0 Å². The topological polar surface area (TPSA) is 66.9 Å². The SMILES string of the molecule is Cc1ccccc1CNC(=O)c1cnc(NCCc2cccc(Cl)c2)nc1. The van der Waals surface area contributed by atoms with E-state index in [1.54, 1.807) is 0 Å². The average molecular weight is 381 g/mol. The molecule has 5 nitrogen and oxygen atoms in total. The number of hydrogen-bond acceptors (Lipinski definition) is 4. The summed E-state index contributed by atoms with van der Waals surface area (Å²) < 4.78 is 0. The highest BCUT2D eigenvalue weighted by molar-refractivity contribution is 6.30. The van der Waals surface area contributed by atoms with Crippen molar-refractivity contribution < 1.29 is 4.79 Å². The van der Waals surface area contributed by atoms with Crippen LogP contribution in [0, 0.1) is 6.92 Å².